The van der Waals surface area contributed by atoms with Gasteiger partial charge in [-0.2, -0.15) is 0 Å². The summed E-state index contributed by atoms with van der Waals surface area (Å²) in [6.07, 6.45) is 0.413. The van der Waals surface area contributed by atoms with E-state index in [-0.39, 0.29) is 11.0 Å². The van der Waals surface area contributed by atoms with Crippen LogP contribution in [0.2, 0.25) is 0 Å². The number of carbonyl (C=O) groups excluding carboxylic acids is 1. The first-order chi connectivity index (χ1) is 5.57. The van der Waals surface area contributed by atoms with Crippen molar-refractivity contribution < 1.29 is 9.90 Å². The van der Waals surface area contributed by atoms with Crippen LogP contribution in [0.5, 0.6) is 0 Å². The molecule has 2 nitrogen and oxygen atoms in total. The van der Waals surface area contributed by atoms with Crippen LogP contribution in [0.4, 0.5) is 0 Å². The van der Waals surface area contributed by atoms with Crippen LogP contribution in [0.25, 0.3) is 0 Å². The van der Waals surface area contributed by atoms with Crippen molar-refractivity contribution in [2.75, 3.05) is 0 Å². The number of halogens is 1. The number of aldehydes is 1. The fourth-order valence-electron chi connectivity index (χ4n) is 1.22. The van der Waals surface area contributed by atoms with E-state index in [0.29, 0.717) is 18.3 Å². The Morgan fingerprint density at radius 2 is 2.33 bits per heavy atom. The molecule has 3 heteroatoms. The van der Waals surface area contributed by atoms with Gasteiger partial charge in [0.1, 0.15) is 6.29 Å². The maximum absolute atomic E-state index is 10.5. The van der Waals surface area contributed by atoms with Gasteiger partial charge in [-0.1, -0.05) is 30.7 Å². The van der Waals surface area contributed by atoms with Crippen molar-refractivity contribution >= 4 is 17.9 Å². The highest BCUT2D eigenvalue weighted by molar-refractivity contribution is 6.32. The van der Waals surface area contributed by atoms with Crippen molar-refractivity contribution in [1.82, 2.24) is 0 Å². The van der Waals surface area contributed by atoms with Gasteiger partial charge in [-0.15, -0.1) is 0 Å². The lowest BCUT2D eigenvalue weighted by molar-refractivity contribution is -0.105. The molecule has 66 valence electrons. The average Bonchev–Trinajstić information content (AvgIpc) is 2.08. The summed E-state index contributed by atoms with van der Waals surface area (Å²) in [5.41, 5.74) is 1.31. The number of allylic oxidation sites excluding steroid dienone is 1. The van der Waals surface area contributed by atoms with Gasteiger partial charge in [0.2, 0.25) is 0 Å². The van der Waals surface area contributed by atoms with Gasteiger partial charge in [-0.05, 0) is 6.42 Å². The molecule has 12 heavy (non-hydrogen) atoms. The molecule has 0 fully saturated rings. The van der Waals surface area contributed by atoms with Crippen molar-refractivity contribution in [3.05, 3.63) is 22.8 Å². The first-order valence-electron chi connectivity index (χ1n) is 3.77. The van der Waals surface area contributed by atoms with Crippen molar-refractivity contribution in [1.29, 1.82) is 0 Å². The summed E-state index contributed by atoms with van der Waals surface area (Å²) in [6.45, 7) is 5.61. The molecule has 0 aromatic rings. The van der Waals surface area contributed by atoms with E-state index in [0.717, 1.165) is 5.57 Å². The van der Waals surface area contributed by atoms with Gasteiger partial charge in [0.15, 0.2) is 0 Å². The van der Waals surface area contributed by atoms with Gasteiger partial charge >= 0.3 is 0 Å². The Kier molecular flexibility index (Phi) is 2.70. The average molecular weight is 187 g/mol. The van der Waals surface area contributed by atoms with Crippen molar-refractivity contribution in [2.24, 2.45) is 5.92 Å². The zero-order chi connectivity index (χ0) is 9.30. The van der Waals surface area contributed by atoms with Gasteiger partial charge in [0.05, 0.1) is 11.1 Å². The predicted octanol–water partition coefficient (Wildman–Crippen LogP) is 1.64. The number of hydrogen-bond acceptors (Lipinski definition) is 2. The molecular formula is C9H11ClO2. The number of carbonyl (C=O) groups is 1. The summed E-state index contributed by atoms with van der Waals surface area (Å²) in [5, 5.41) is 9.78. The zero-order valence-electron chi connectivity index (χ0n) is 6.88. The topological polar surface area (TPSA) is 37.3 Å². The lowest BCUT2D eigenvalue weighted by Crippen LogP contribution is -2.25. The second-order valence-corrected chi connectivity index (χ2v) is 3.47. The first-order valence-corrected chi connectivity index (χ1v) is 4.15. The molecular weight excluding hydrogens is 176 g/mol. The van der Waals surface area contributed by atoms with Crippen LogP contribution >= 0.6 is 11.6 Å². The van der Waals surface area contributed by atoms with E-state index in [2.05, 4.69) is 6.58 Å². The minimum atomic E-state index is -0.756. The lowest BCUT2D eigenvalue weighted by Gasteiger charge is -2.26. The van der Waals surface area contributed by atoms with E-state index in [4.69, 9.17) is 11.6 Å². The van der Waals surface area contributed by atoms with Crippen LogP contribution in [0.3, 0.4) is 0 Å². The maximum atomic E-state index is 10.5. The predicted molar refractivity (Wildman–Crippen MR) is 47.9 cm³/mol. The van der Waals surface area contributed by atoms with Crippen LogP contribution in [-0.4, -0.2) is 17.5 Å². The van der Waals surface area contributed by atoms with E-state index in [1.807, 2.05) is 6.92 Å². The monoisotopic (exact) mass is 186 g/mol. The highest BCUT2D eigenvalue weighted by atomic mass is 35.5. The molecule has 0 aliphatic heterocycles. The first kappa shape index (κ1) is 9.49. The Bertz CT molecular complexity index is 255. The van der Waals surface area contributed by atoms with Gasteiger partial charge < -0.3 is 5.11 Å². The number of hydrogen-bond donors (Lipinski definition) is 1. The molecule has 0 saturated heterocycles. The second kappa shape index (κ2) is 3.42. The normalized spacial score (nSPS) is 30.8. The third-order valence-electron chi connectivity index (χ3n) is 2.24. The zero-order valence-corrected chi connectivity index (χ0v) is 7.64. The fourth-order valence-corrected chi connectivity index (χ4v) is 1.52. The fraction of sp³-hybridized carbons (Fsp3) is 0.444. The van der Waals surface area contributed by atoms with Gasteiger partial charge in [-0.25, -0.2) is 0 Å². The molecule has 1 aliphatic rings. The summed E-state index contributed by atoms with van der Waals surface area (Å²) in [4.78, 5) is 10.5. The lowest BCUT2D eigenvalue weighted by atomic mass is 9.85. The second-order valence-electron chi connectivity index (χ2n) is 3.06. The molecule has 0 bridgehead atoms. The number of aliphatic hydroxyl groups is 1. The molecule has 0 amide bonds. The maximum Gasteiger partial charge on any atom is 0.147 e. The number of rotatable bonds is 1. The van der Waals surface area contributed by atoms with Gasteiger partial charge in [0.25, 0.3) is 0 Å². The van der Waals surface area contributed by atoms with E-state index >= 15 is 0 Å². The van der Waals surface area contributed by atoms with E-state index in [1.54, 1.807) is 0 Å². The number of aliphatic hydroxyl groups excluding tert-OH is 1. The van der Waals surface area contributed by atoms with E-state index < -0.39 is 6.10 Å². The molecule has 1 aliphatic carbocycles. The van der Waals surface area contributed by atoms with Crippen molar-refractivity contribution in [2.45, 2.75) is 19.4 Å². The SMILES string of the molecule is C=C1CC(C=O)=C(Cl)C(O)C1C. The summed E-state index contributed by atoms with van der Waals surface area (Å²) in [6, 6.07) is 0. The molecule has 0 spiro atoms. The summed E-state index contributed by atoms with van der Waals surface area (Å²) in [5.74, 6) is -0.0544. The highest BCUT2D eigenvalue weighted by Crippen LogP contribution is 2.33. The van der Waals surface area contributed by atoms with Gasteiger partial charge in [-0.3, -0.25) is 4.79 Å². The third-order valence-corrected chi connectivity index (χ3v) is 2.71. The van der Waals surface area contributed by atoms with E-state index in [1.165, 1.54) is 0 Å². The van der Waals surface area contributed by atoms with Crippen LogP contribution in [0.15, 0.2) is 22.8 Å². The van der Waals surface area contributed by atoms with Crippen molar-refractivity contribution in [3.63, 3.8) is 0 Å². The molecule has 0 aromatic carbocycles. The van der Waals surface area contributed by atoms with E-state index in [9.17, 15) is 9.90 Å². The minimum Gasteiger partial charge on any atom is -0.387 e. The standard InChI is InChI=1S/C9H11ClO2/c1-5-3-7(4-11)8(10)9(12)6(5)2/h4,6,9,12H,1,3H2,2H3. The van der Waals surface area contributed by atoms with Crippen LogP contribution in [0.1, 0.15) is 13.3 Å². The summed E-state index contributed by atoms with van der Waals surface area (Å²) < 4.78 is 0. The Labute approximate surface area is 76.5 Å². The summed E-state index contributed by atoms with van der Waals surface area (Å²) in [7, 11) is 0. The Morgan fingerprint density at radius 1 is 1.75 bits per heavy atom. The minimum absolute atomic E-state index is 0.0544. The molecule has 2 atom stereocenters. The molecule has 1 N–H and O–H groups in total. The van der Waals surface area contributed by atoms with Crippen LogP contribution in [-0.2, 0) is 4.79 Å². The largest absolute Gasteiger partial charge is 0.387 e. The molecule has 1 rings (SSSR count). The molecule has 0 heterocycles. The highest BCUT2D eigenvalue weighted by Gasteiger charge is 2.28. The van der Waals surface area contributed by atoms with Crippen LogP contribution in [0, 0.1) is 5.92 Å². The summed E-state index contributed by atoms with van der Waals surface area (Å²) >= 11 is 5.75. The molecule has 0 radical (unpaired) electrons. The smallest absolute Gasteiger partial charge is 0.147 e. The third kappa shape index (κ3) is 1.45. The Hall–Kier alpha value is -0.600. The quantitative estimate of drug-likeness (QED) is 0.499. The van der Waals surface area contributed by atoms with Gasteiger partial charge in [0, 0.05) is 11.5 Å². The Balaban J connectivity index is 3.02. The Morgan fingerprint density at radius 3 is 2.83 bits per heavy atom. The molecule has 0 aromatic heterocycles. The van der Waals surface area contributed by atoms with Crippen LogP contribution < -0.4 is 0 Å². The molecule has 2 unspecified atom stereocenters. The van der Waals surface area contributed by atoms with Crippen molar-refractivity contribution in [3.8, 4) is 0 Å². The molecule has 0 saturated carbocycles.